The molecule has 1 atom stereocenters. The van der Waals surface area contributed by atoms with Gasteiger partial charge in [-0.1, -0.05) is 12.1 Å². The lowest BCUT2D eigenvalue weighted by Gasteiger charge is -2.24. The van der Waals surface area contributed by atoms with Crippen molar-refractivity contribution in [3.63, 3.8) is 0 Å². The maximum Gasteiger partial charge on any atom is 0.297 e. The Morgan fingerprint density at radius 3 is 2.68 bits per heavy atom. The van der Waals surface area contributed by atoms with E-state index >= 15 is 0 Å². The van der Waals surface area contributed by atoms with E-state index in [9.17, 15) is 18.5 Å². The van der Waals surface area contributed by atoms with Crippen molar-refractivity contribution in [2.24, 2.45) is 0 Å². The number of aryl methyl sites for hydroxylation is 1. The molecule has 7 nitrogen and oxygen atoms in total. The van der Waals surface area contributed by atoms with Gasteiger partial charge in [0.15, 0.2) is 0 Å². The first kappa shape index (κ1) is 17.4. The molecule has 1 aliphatic carbocycles. The van der Waals surface area contributed by atoms with Crippen LogP contribution in [0.1, 0.15) is 17.5 Å². The highest BCUT2D eigenvalue weighted by molar-refractivity contribution is 7.86. The largest absolute Gasteiger partial charge is 0.497 e. The Balaban J connectivity index is 1.80. The van der Waals surface area contributed by atoms with Gasteiger partial charge in [-0.15, -0.1) is 0 Å². The standard InChI is InChI=1S/C17H17NO6S/c1-23-15-7-5-12-6-8-16(10-13(12)9-15)24-25(21,22)17-4-2-3-14(11-17)18(19)20/h2-5,7,9,11,16H,6,8,10H2,1H3/t16-/m1/s1. The number of benzene rings is 2. The fraction of sp³-hybridized carbons (Fsp3) is 0.294. The van der Waals surface area contributed by atoms with Crippen LogP contribution in [0.25, 0.3) is 0 Å². The van der Waals surface area contributed by atoms with Crippen LogP contribution < -0.4 is 4.74 Å². The van der Waals surface area contributed by atoms with Crippen LogP contribution in [0.5, 0.6) is 5.75 Å². The summed E-state index contributed by atoms with van der Waals surface area (Å²) in [6.07, 6.45) is 1.20. The molecule has 0 N–H and O–H groups in total. The Bertz CT molecular complexity index is 909. The summed E-state index contributed by atoms with van der Waals surface area (Å²) in [6, 6.07) is 10.6. The normalized spacial score (nSPS) is 16.9. The maximum absolute atomic E-state index is 12.4. The minimum Gasteiger partial charge on any atom is -0.497 e. The molecule has 2 aromatic carbocycles. The highest BCUT2D eigenvalue weighted by atomic mass is 32.2. The third kappa shape index (κ3) is 3.80. The van der Waals surface area contributed by atoms with E-state index < -0.39 is 21.1 Å². The lowest BCUT2D eigenvalue weighted by Crippen LogP contribution is -2.25. The third-order valence-corrected chi connectivity index (χ3v) is 5.53. The van der Waals surface area contributed by atoms with Gasteiger partial charge >= 0.3 is 0 Å². The molecule has 0 unspecified atom stereocenters. The molecule has 0 amide bonds. The van der Waals surface area contributed by atoms with E-state index in [1.807, 2.05) is 18.2 Å². The summed E-state index contributed by atoms with van der Waals surface area (Å²) in [6.45, 7) is 0. The summed E-state index contributed by atoms with van der Waals surface area (Å²) in [7, 11) is -2.50. The molecule has 25 heavy (non-hydrogen) atoms. The number of hydrogen-bond donors (Lipinski definition) is 0. The molecule has 3 rings (SSSR count). The topological polar surface area (TPSA) is 95.7 Å². The fourth-order valence-electron chi connectivity index (χ4n) is 2.90. The summed E-state index contributed by atoms with van der Waals surface area (Å²) in [5.74, 6) is 0.709. The highest BCUT2D eigenvalue weighted by Crippen LogP contribution is 2.29. The number of methoxy groups -OCH3 is 1. The van der Waals surface area contributed by atoms with Gasteiger partial charge in [-0.2, -0.15) is 8.42 Å². The molecule has 0 spiro atoms. The molecular formula is C17H17NO6S. The molecule has 8 heteroatoms. The van der Waals surface area contributed by atoms with Gasteiger partial charge < -0.3 is 4.74 Å². The summed E-state index contributed by atoms with van der Waals surface area (Å²) < 4.78 is 35.4. The van der Waals surface area contributed by atoms with Crippen molar-refractivity contribution in [1.82, 2.24) is 0 Å². The summed E-state index contributed by atoms with van der Waals surface area (Å²) >= 11 is 0. The Kier molecular flexibility index (Phi) is 4.73. The molecule has 0 radical (unpaired) electrons. The van der Waals surface area contributed by atoms with Crippen LogP contribution in [0.15, 0.2) is 47.4 Å². The number of fused-ring (bicyclic) bond motifs is 1. The Hall–Kier alpha value is -2.45. The molecule has 0 heterocycles. The van der Waals surface area contributed by atoms with Gasteiger partial charge in [0.05, 0.1) is 18.1 Å². The maximum atomic E-state index is 12.4. The summed E-state index contributed by atoms with van der Waals surface area (Å²) in [5.41, 5.74) is 1.85. The lowest BCUT2D eigenvalue weighted by molar-refractivity contribution is -0.385. The van der Waals surface area contributed by atoms with E-state index in [-0.39, 0.29) is 10.6 Å². The van der Waals surface area contributed by atoms with Crippen LogP contribution in [0.2, 0.25) is 0 Å². The van der Waals surface area contributed by atoms with Gasteiger partial charge in [-0.05, 0) is 42.2 Å². The second kappa shape index (κ2) is 6.81. The molecule has 0 saturated heterocycles. The van der Waals surface area contributed by atoms with E-state index in [0.717, 1.165) is 17.2 Å². The number of nitro groups is 1. The van der Waals surface area contributed by atoms with Crippen molar-refractivity contribution < 1.29 is 22.3 Å². The predicted octanol–water partition coefficient (Wildman–Crippen LogP) is 2.87. The molecule has 2 aromatic rings. The monoisotopic (exact) mass is 363 g/mol. The van der Waals surface area contributed by atoms with Gasteiger partial charge in [0.1, 0.15) is 10.6 Å². The second-order valence-electron chi connectivity index (χ2n) is 5.80. The molecule has 0 aromatic heterocycles. The Labute approximate surface area is 145 Å². The first-order chi connectivity index (χ1) is 11.9. The Morgan fingerprint density at radius 1 is 1.16 bits per heavy atom. The van der Waals surface area contributed by atoms with E-state index in [0.29, 0.717) is 25.0 Å². The minimum atomic E-state index is -4.07. The third-order valence-electron chi connectivity index (χ3n) is 4.18. The molecule has 0 fully saturated rings. The molecule has 0 bridgehead atoms. The van der Waals surface area contributed by atoms with E-state index in [1.54, 1.807) is 7.11 Å². The molecule has 132 valence electrons. The van der Waals surface area contributed by atoms with Crippen molar-refractivity contribution in [2.75, 3.05) is 7.11 Å². The quantitative estimate of drug-likeness (QED) is 0.460. The zero-order valence-corrected chi connectivity index (χ0v) is 14.4. The molecule has 0 saturated carbocycles. The zero-order chi connectivity index (χ0) is 18.0. The van der Waals surface area contributed by atoms with E-state index in [4.69, 9.17) is 8.92 Å². The van der Waals surface area contributed by atoms with Gasteiger partial charge in [-0.3, -0.25) is 14.3 Å². The first-order valence-corrected chi connectivity index (χ1v) is 9.13. The summed E-state index contributed by atoms with van der Waals surface area (Å²) in [4.78, 5) is 9.98. The molecule has 0 aliphatic heterocycles. The average molecular weight is 363 g/mol. The number of ether oxygens (including phenoxy) is 1. The van der Waals surface area contributed by atoms with Crippen molar-refractivity contribution in [3.8, 4) is 5.75 Å². The summed E-state index contributed by atoms with van der Waals surface area (Å²) in [5, 5.41) is 10.8. The predicted molar refractivity (Wildman–Crippen MR) is 90.2 cm³/mol. The zero-order valence-electron chi connectivity index (χ0n) is 13.5. The van der Waals surface area contributed by atoms with Gasteiger partial charge in [-0.25, -0.2) is 0 Å². The number of rotatable bonds is 5. The Morgan fingerprint density at radius 2 is 1.96 bits per heavy atom. The van der Waals surface area contributed by atoms with E-state index in [2.05, 4.69) is 0 Å². The van der Waals surface area contributed by atoms with Crippen molar-refractivity contribution in [1.29, 1.82) is 0 Å². The minimum absolute atomic E-state index is 0.210. The number of non-ortho nitro benzene ring substituents is 1. The van der Waals surface area contributed by atoms with E-state index in [1.165, 1.54) is 18.2 Å². The average Bonchev–Trinajstić information content (AvgIpc) is 2.60. The number of nitrogens with zero attached hydrogens (tertiary/aromatic N) is 1. The van der Waals surface area contributed by atoms with Gasteiger partial charge in [0.25, 0.3) is 15.8 Å². The van der Waals surface area contributed by atoms with Crippen LogP contribution in [-0.4, -0.2) is 26.6 Å². The van der Waals surface area contributed by atoms with Crippen LogP contribution in [-0.2, 0) is 27.1 Å². The first-order valence-electron chi connectivity index (χ1n) is 7.72. The van der Waals surface area contributed by atoms with Crippen LogP contribution in [0.4, 0.5) is 5.69 Å². The fourth-order valence-corrected chi connectivity index (χ4v) is 4.04. The number of nitro benzene ring substituents is 1. The van der Waals surface area contributed by atoms with Crippen molar-refractivity contribution in [2.45, 2.75) is 30.3 Å². The second-order valence-corrected chi connectivity index (χ2v) is 7.38. The van der Waals surface area contributed by atoms with Gasteiger partial charge in [0.2, 0.25) is 0 Å². The van der Waals surface area contributed by atoms with Crippen LogP contribution in [0, 0.1) is 10.1 Å². The highest BCUT2D eigenvalue weighted by Gasteiger charge is 2.27. The van der Waals surface area contributed by atoms with Crippen LogP contribution >= 0.6 is 0 Å². The molecular weight excluding hydrogens is 346 g/mol. The lowest BCUT2D eigenvalue weighted by atomic mass is 9.90. The van der Waals surface area contributed by atoms with Crippen molar-refractivity contribution >= 4 is 15.8 Å². The number of hydrogen-bond acceptors (Lipinski definition) is 6. The SMILES string of the molecule is COc1ccc2c(c1)C[C@H](OS(=O)(=O)c1cccc([N+](=O)[O-])c1)CC2. The smallest absolute Gasteiger partial charge is 0.297 e. The van der Waals surface area contributed by atoms with Crippen molar-refractivity contribution in [3.05, 3.63) is 63.7 Å². The molecule has 1 aliphatic rings. The van der Waals surface area contributed by atoms with Gasteiger partial charge in [0, 0.05) is 18.6 Å². The van der Waals surface area contributed by atoms with Crippen LogP contribution in [0.3, 0.4) is 0 Å².